The maximum absolute atomic E-state index is 12.4. The van der Waals surface area contributed by atoms with Crippen molar-refractivity contribution in [2.45, 2.75) is 9.96 Å². The fourth-order valence-electron chi connectivity index (χ4n) is 2.08. The van der Waals surface area contributed by atoms with Crippen molar-refractivity contribution in [1.29, 1.82) is 0 Å². The maximum atomic E-state index is 12.4. The summed E-state index contributed by atoms with van der Waals surface area (Å²) in [5, 5.41) is 17.2. The lowest BCUT2D eigenvalue weighted by molar-refractivity contribution is 0.0696. The Morgan fingerprint density at radius 2 is 1.71 bits per heavy atom. The Bertz CT molecular complexity index is 905. The number of halogens is 4. The van der Waals surface area contributed by atoms with Gasteiger partial charge in [0.1, 0.15) is 6.17 Å². The molecule has 0 bridgehead atoms. The van der Waals surface area contributed by atoms with E-state index in [0.29, 0.717) is 5.69 Å². The van der Waals surface area contributed by atoms with Gasteiger partial charge in [-0.1, -0.05) is 64.6 Å². The van der Waals surface area contributed by atoms with E-state index in [1.54, 1.807) is 30.3 Å². The molecule has 2 rings (SSSR count). The molecule has 0 aliphatic carbocycles. The molecule has 1 amide bonds. The molecule has 2 aromatic carbocycles. The van der Waals surface area contributed by atoms with E-state index in [1.165, 1.54) is 18.2 Å². The van der Waals surface area contributed by atoms with Gasteiger partial charge >= 0.3 is 5.97 Å². The Hall–Kier alpha value is -1.77. The maximum Gasteiger partial charge on any atom is 0.335 e. The third-order valence-electron chi connectivity index (χ3n) is 3.36. The van der Waals surface area contributed by atoms with Crippen molar-refractivity contribution >= 4 is 81.3 Å². The predicted octanol–water partition coefficient (Wildman–Crippen LogP) is 4.45. The van der Waals surface area contributed by atoms with Gasteiger partial charge in [0.25, 0.3) is 5.91 Å². The Balaban J connectivity index is 2.11. The lowest BCUT2D eigenvalue weighted by atomic mass is 10.2. The summed E-state index contributed by atoms with van der Waals surface area (Å²) < 4.78 is -1.95. The van der Waals surface area contributed by atoms with Gasteiger partial charge in [-0.05, 0) is 42.5 Å². The highest BCUT2D eigenvalue weighted by atomic mass is 35.6. The molecule has 0 saturated carbocycles. The zero-order chi connectivity index (χ0) is 20.9. The second-order valence-corrected chi connectivity index (χ2v) is 8.60. The van der Waals surface area contributed by atoms with Gasteiger partial charge in [0.05, 0.1) is 16.1 Å². The predicted molar refractivity (Wildman–Crippen MR) is 116 cm³/mol. The van der Waals surface area contributed by atoms with Crippen LogP contribution in [0.3, 0.4) is 0 Å². The average Bonchev–Trinajstić information content (AvgIpc) is 2.60. The molecule has 0 aromatic heterocycles. The normalized spacial score (nSPS) is 12.0. The average molecular weight is 481 g/mol. The number of rotatable bonds is 5. The molecule has 0 heterocycles. The van der Waals surface area contributed by atoms with E-state index in [-0.39, 0.29) is 21.3 Å². The molecule has 0 fully saturated rings. The van der Waals surface area contributed by atoms with Gasteiger partial charge in [0, 0.05) is 5.69 Å². The number of carboxylic acids is 1. The molecule has 2 aromatic rings. The minimum absolute atomic E-state index is 0.00155. The Kier molecular flexibility index (Phi) is 7.74. The number of nitrogens with one attached hydrogen (secondary N) is 3. The van der Waals surface area contributed by atoms with Gasteiger partial charge in [-0.25, -0.2) is 4.79 Å². The molecule has 0 spiro atoms. The van der Waals surface area contributed by atoms with Crippen molar-refractivity contribution in [3.8, 4) is 0 Å². The van der Waals surface area contributed by atoms with Crippen LogP contribution in [-0.4, -0.2) is 32.1 Å². The van der Waals surface area contributed by atoms with Gasteiger partial charge in [-0.3, -0.25) is 4.79 Å². The SMILES string of the molecule is O=C(O)c1cccc(NC(=S)N[C@H](NC(=O)c2ccccc2Cl)C(Cl)(Cl)Cl)c1. The molecule has 1 atom stereocenters. The van der Waals surface area contributed by atoms with Crippen LogP contribution < -0.4 is 16.0 Å². The lowest BCUT2D eigenvalue weighted by Gasteiger charge is -2.28. The van der Waals surface area contributed by atoms with Gasteiger partial charge in [-0.2, -0.15) is 0 Å². The van der Waals surface area contributed by atoms with E-state index in [2.05, 4.69) is 16.0 Å². The fourth-order valence-corrected chi connectivity index (χ4v) is 2.87. The molecule has 4 N–H and O–H groups in total. The molecule has 11 heteroatoms. The van der Waals surface area contributed by atoms with Crippen LogP contribution in [0.1, 0.15) is 20.7 Å². The monoisotopic (exact) mass is 479 g/mol. The number of hydrogen-bond donors (Lipinski definition) is 4. The molecular formula is C17H13Cl4N3O3S. The third kappa shape index (κ3) is 6.39. The summed E-state index contributed by atoms with van der Waals surface area (Å²) in [6.07, 6.45) is -1.20. The quantitative estimate of drug-likeness (QED) is 0.287. The summed E-state index contributed by atoms with van der Waals surface area (Å²) in [5.41, 5.74) is 0.661. The molecule has 148 valence electrons. The van der Waals surface area contributed by atoms with Crippen molar-refractivity contribution in [2.24, 2.45) is 0 Å². The number of thiocarbonyl (C=S) groups is 1. The number of carboxylic acid groups (broad SMARTS) is 1. The van der Waals surface area contributed by atoms with Crippen LogP contribution in [-0.2, 0) is 0 Å². The summed E-state index contributed by atoms with van der Waals surface area (Å²) in [7, 11) is 0. The summed E-state index contributed by atoms with van der Waals surface area (Å²) in [6.45, 7) is 0. The summed E-state index contributed by atoms with van der Waals surface area (Å²) in [6, 6.07) is 12.3. The smallest absolute Gasteiger partial charge is 0.335 e. The topological polar surface area (TPSA) is 90.5 Å². The fraction of sp³-hybridized carbons (Fsp3) is 0.118. The van der Waals surface area contributed by atoms with Crippen molar-refractivity contribution in [3.05, 3.63) is 64.7 Å². The number of anilines is 1. The number of amides is 1. The molecule has 0 saturated heterocycles. The first-order chi connectivity index (χ1) is 13.1. The minimum Gasteiger partial charge on any atom is -0.478 e. The zero-order valence-corrected chi connectivity index (χ0v) is 17.7. The minimum atomic E-state index is -1.95. The summed E-state index contributed by atoms with van der Waals surface area (Å²) in [5.74, 6) is -1.67. The Morgan fingerprint density at radius 3 is 2.32 bits per heavy atom. The van der Waals surface area contributed by atoms with E-state index in [0.717, 1.165) is 0 Å². The molecule has 28 heavy (non-hydrogen) atoms. The van der Waals surface area contributed by atoms with Gasteiger partial charge in [-0.15, -0.1) is 0 Å². The van der Waals surface area contributed by atoms with Crippen molar-refractivity contribution in [2.75, 3.05) is 5.32 Å². The van der Waals surface area contributed by atoms with Crippen LogP contribution in [0, 0.1) is 0 Å². The van der Waals surface area contributed by atoms with Gasteiger partial charge in [0.2, 0.25) is 3.79 Å². The number of aromatic carboxylic acids is 1. The third-order valence-corrected chi connectivity index (χ3v) is 4.57. The van der Waals surface area contributed by atoms with Crippen LogP contribution in [0.25, 0.3) is 0 Å². The summed E-state index contributed by atoms with van der Waals surface area (Å²) >= 11 is 29.0. The van der Waals surface area contributed by atoms with Crippen molar-refractivity contribution in [1.82, 2.24) is 10.6 Å². The zero-order valence-electron chi connectivity index (χ0n) is 13.9. The number of benzene rings is 2. The first-order valence-corrected chi connectivity index (χ1v) is 9.53. The number of carbonyl (C=O) groups excluding carboxylic acids is 1. The van der Waals surface area contributed by atoms with Crippen LogP contribution >= 0.6 is 58.6 Å². The van der Waals surface area contributed by atoms with Crippen LogP contribution in [0.5, 0.6) is 0 Å². The second kappa shape index (κ2) is 9.62. The van der Waals surface area contributed by atoms with Crippen LogP contribution in [0.4, 0.5) is 5.69 Å². The molecule has 0 aliphatic heterocycles. The van der Waals surface area contributed by atoms with E-state index in [4.69, 9.17) is 63.7 Å². The Morgan fingerprint density at radius 1 is 1.04 bits per heavy atom. The Labute approximate surface area is 186 Å². The van der Waals surface area contributed by atoms with E-state index in [1.807, 2.05) is 0 Å². The highest BCUT2D eigenvalue weighted by Crippen LogP contribution is 2.29. The van der Waals surface area contributed by atoms with Gasteiger partial charge in [0.15, 0.2) is 5.11 Å². The highest BCUT2D eigenvalue weighted by molar-refractivity contribution is 7.80. The molecular weight excluding hydrogens is 468 g/mol. The first kappa shape index (κ1) is 22.5. The highest BCUT2D eigenvalue weighted by Gasteiger charge is 2.35. The van der Waals surface area contributed by atoms with E-state index >= 15 is 0 Å². The number of hydrogen-bond acceptors (Lipinski definition) is 3. The number of carbonyl (C=O) groups is 2. The number of alkyl halides is 3. The van der Waals surface area contributed by atoms with Crippen molar-refractivity contribution in [3.63, 3.8) is 0 Å². The van der Waals surface area contributed by atoms with E-state index in [9.17, 15) is 9.59 Å². The molecule has 0 aliphatic rings. The second-order valence-electron chi connectivity index (χ2n) is 5.41. The summed E-state index contributed by atoms with van der Waals surface area (Å²) in [4.78, 5) is 23.5. The standard InChI is InChI=1S/C17H13Cl4N3O3S/c18-12-7-2-1-6-11(12)13(25)23-15(17(19,20)21)24-16(28)22-10-5-3-4-9(8-10)14(26)27/h1-8,15H,(H,23,25)(H,26,27)(H2,22,24,28)/t15-/m0/s1. The van der Waals surface area contributed by atoms with Crippen LogP contribution in [0.15, 0.2) is 48.5 Å². The van der Waals surface area contributed by atoms with Crippen molar-refractivity contribution < 1.29 is 14.7 Å². The molecule has 6 nitrogen and oxygen atoms in total. The van der Waals surface area contributed by atoms with Gasteiger partial charge < -0.3 is 21.1 Å². The van der Waals surface area contributed by atoms with Crippen LogP contribution in [0.2, 0.25) is 5.02 Å². The molecule has 0 unspecified atom stereocenters. The lowest BCUT2D eigenvalue weighted by Crippen LogP contribution is -2.56. The molecule has 0 radical (unpaired) electrons. The largest absolute Gasteiger partial charge is 0.478 e. The first-order valence-electron chi connectivity index (χ1n) is 7.61. The van der Waals surface area contributed by atoms with E-state index < -0.39 is 21.8 Å².